The topological polar surface area (TPSA) is 96.6 Å². The first-order chi connectivity index (χ1) is 13.9. The number of benzene rings is 2. The highest BCUT2D eigenvalue weighted by Gasteiger charge is 2.16. The summed E-state index contributed by atoms with van der Waals surface area (Å²) < 4.78 is 1.51. The number of aliphatic hydroxyl groups is 1. The molecule has 1 heterocycles. The number of pyridine rings is 1. The van der Waals surface area contributed by atoms with Crippen molar-refractivity contribution in [2.24, 2.45) is 7.05 Å². The number of carboxylic acids is 1. The standard InChI is InChI=1S/C23H21NO5/c1-24-20(12-11-16(25)13-17(26)14-21(27)28)22(15-7-3-2-4-8-15)18-9-5-6-10-19(18)23(24)29/h2-12,16,25H,13-14H2,1H3,(H,27,28)/b12-11+. The highest BCUT2D eigenvalue weighted by molar-refractivity contribution is 5.99. The van der Waals surface area contributed by atoms with Crippen LogP contribution < -0.4 is 5.56 Å². The minimum Gasteiger partial charge on any atom is -0.481 e. The number of carboxylic acid groups (broad SMARTS) is 1. The van der Waals surface area contributed by atoms with Crippen molar-refractivity contribution in [3.63, 3.8) is 0 Å². The molecule has 0 aliphatic heterocycles. The van der Waals surface area contributed by atoms with Crippen molar-refractivity contribution in [1.82, 2.24) is 4.57 Å². The first kappa shape index (κ1) is 20.2. The number of carbonyl (C=O) groups is 2. The lowest BCUT2D eigenvalue weighted by atomic mass is 9.96. The van der Waals surface area contributed by atoms with Gasteiger partial charge in [-0.1, -0.05) is 54.6 Å². The molecule has 3 aromatic rings. The Kier molecular flexibility index (Phi) is 6.04. The number of nitrogens with zero attached hydrogens (tertiary/aromatic N) is 1. The van der Waals surface area contributed by atoms with Crippen LogP contribution in [-0.4, -0.2) is 32.6 Å². The minimum absolute atomic E-state index is 0.170. The third kappa shape index (κ3) is 4.50. The van der Waals surface area contributed by atoms with Crippen LogP contribution in [0.2, 0.25) is 0 Å². The molecule has 148 valence electrons. The van der Waals surface area contributed by atoms with Gasteiger partial charge >= 0.3 is 5.97 Å². The van der Waals surface area contributed by atoms with E-state index in [1.165, 1.54) is 10.6 Å². The van der Waals surface area contributed by atoms with Crippen LogP contribution in [0.3, 0.4) is 0 Å². The second-order valence-corrected chi connectivity index (χ2v) is 6.78. The summed E-state index contributed by atoms with van der Waals surface area (Å²) in [6, 6.07) is 16.9. The molecule has 1 aromatic heterocycles. The van der Waals surface area contributed by atoms with E-state index in [-0.39, 0.29) is 12.0 Å². The van der Waals surface area contributed by atoms with Gasteiger partial charge in [-0.15, -0.1) is 0 Å². The van der Waals surface area contributed by atoms with Crippen molar-refractivity contribution in [3.8, 4) is 11.1 Å². The van der Waals surface area contributed by atoms with Crippen LogP contribution in [0.15, 0.2) is 65.5 Å². The molecular formula is C23H21NO5. The number of Topliss-reactive ketones (excluding diaryl/α,β-unsaturated/α-hetero) is 1. The summed E-state index contributed by atoms with van der Waals surface area (Å²) in [6.07, 6.45) is 0.941. The second-order valence-electron chi connectivity index (χ2n) is 6.78. The van der Waals surface area contributed by atoms with Crippen molar-refractivity contribution in [1.29, 1.82) is 0 Å². The van der Waals surface area contributed by atoms with Gasteiger partial charge in [-0.05, 0) is 23.1 Å². The number of fused-ring (bicyclic) bond motifs is 1. The van der Waals surface area contributed by atoms with Gasteiger partial charge in [0.1, 0.15) is 12.2 Å². The zero-order valence-corrected chi connectivity index (χ0v) is 15.9. The quantitative estimate of drug-likeness (QED) is 0.604. The molecule has 1 atom stereocenters. The Morgan fingerprint density at radius 3 is 2.31 bits per heavy atom. The summed E-state index contributed by atoms with van der Waals surface area (Å²) in [5.41, 5.74) is 2.17. The molecule has 0 amide bonds. The van der Waals surface area contributed by atoms with Gasteiger partial charge < -0.3 is 14.8 Å². The predicted molar refractivity (Wildman–Crippen MR) is 112 cm³/mol. The van der Waals surface area contributed by atoms with E-state index in [1.807, 2.05) is 48.5 Å². The van der Waals surface area contributed by atoms with Gasteiger partial charge in [0, 0.05) is 24.4 Å². The molecule has 3 rings (SSSR count). The lowest BCUT2D eigenvalue weighted by Gasteiger charge is -2.15. The number of aliphatic carboxylic acids is 1. The fraction of sp³-hybridized carbons (Fsp3) is 0.174. The fourth-order valence-electron chi connectivity index (χ4n) is 3.33. The van der Waals surface area contributed by atoms with Crippen molar-refractivity contribution < 1.29 is 19.8 Å². The molecule has 0 bridgehead atoms. The van der Waals surface area contributed by atoms with E-state index in [0.717, 1.165) is 16.5 Å². The van der Waals surface area contributed by atoms with Crippen molar-refractivity contribution in [2.45, 2.75) is 18.9 Å². The van der Waals surface area contributed by atoms with E-state index < -0.39 is 24.3 Å². The number of carbonyl (C=O) groups excluding carboxylic acids is 1. The summed E-state index contributed by atoms with van der Waals surface area (Å²) in [6.45, 7) is 0. The summed E-state index contributed by atoms with van der Waals surface area (Å²) >= 11 is 0. The molecule has 2 aromatic carbocycles. The summed E-state index contributed by atoms with van der Waals surface area (Å²) in [5.74, 6) is -1.79. The van der Waals surface area contributed by atoms with Crippen molar-refractivity contribution >= 4 is 28.6 Å². The Labute approximate surface area is 167 Å². The highest BCUT2D eigenvalue weighted by atomic mass is 16.4. The van der Waals surface area contributed by atoms with E-state index in [4.69, 9.17) is 5.11 Å². The summed E-state index contributed by atoms with van der Waals surface area (Å²) in [4.78, 5) is 35.1. The Morgan fingerprint density at radius 1 is 1.03 bits per heavy atom. The molecule has 0 aliphatic rings. The van der Waals surface area contributed by atoms with Gasteiger partial charge in [0.2, 0.25) is 0 Å². The van der Waals surface area contributed by atoms with Gasteiger partial charge in [-0.3, -0.25) is 14.4 Å². The Balaban J connectivity index is 2.10. The fourth-order valence-corrected chi connectivity index (χ4v) is 3.33. The molecule has 2 N–H and O–H groups in total. The van der Waals surface area contributed by atoms with E-state index in [2.05, 4.69) is 0 Å². The molecule has 29 heavy (non-hydrogen) atoms. The first-order valence-electron chi connectivity index (χ1n) is 9.15. The van der Waals surface area contributed by atoms with Gasteiger partial charge in [-0.2, -0.15) is 0 Å². The summed E-state index contributed by atoms with van der Waals surface area (Å²) in [5, 5.41) is 20.2. The molecule has 0 spiro atoms. The molecular weight excluding hydrogens is 370 g/mol. The smallest absolute Gasteiger partial charge is 0.310 e. The molecule has 0 fully saturated rings. The van der Waals surface area contributed by atoms with E-state index in [0.29, 0.717) is 11.1 Å². The lowest BCUT2D eigenvalue weighted by Crippen LogP contribution is -2.20. The molecule has 0 saturated carbocycles. The number of rotatable bonds is 7. The van der Waals surface area contributed by atoms with Crippen molar-refractivity contribution in [3.05, 3.63) is 76.7 Å². The Bertz CT molecular complexity index is 1150. The summed E-state index contributed by atoms with van der Waals surface area (Å²) in [7, 11) is 1.66. The maximum atomic E-state index is 12.8. The van der Waals surface area contributed by atoms with E-state index in [1.54, 1.807) is 19.2 Å². The van der Waals surface area contributed by atoms with Crippen LogP contribution in [0.25, 0.3) is 28.0 Å². The maximum absolute atomic E-state index is 12.8. The SMILES string of the molecule is Cn1c(/C=C/C(O)CC(=O)CC(=O)O)c(-c2ccccc2)c2ccccc2c1=O. The second kappa shape index (κ2) is 8.67. The Hall–Kier alpha value is -3.51. The highest BCUT2D eigenvalue weighted by Crippen LogP contribution is 2.31. The molecule has 1 unspecified atom stereocenters. The van der Waals surface area contributed by atoms with Gasteiger partial charge in [-0.25, -0.2) is 0 Å². The van der Waals surface area contributed by atoms with Crippen LogP contribution in [0.1, 0.15) is 18.5 Å². The average Bonchev–Trinajstić information content (AvgIpc) is 2.69. The third-order valence-electron chi connectivity index (χ3n) is 4.67. The van der Waals surface area contributed by atoms with Crippen molar-refractivity contribution in [2.75, 3.05) is 0 Å². The molecule has 0 aliphatic carbocycles. The van der Waals surface area contributed by atoms with Gasteiger partial charge in [0.05, 0.1) is 11.8 Å². The number of ketones is 1. The van der Waals surface area contributed by atoms with Crippen LogP contribution in [0.5, 0.6) is 0 Å². The van der Waals surface area contributed by atoms with Crippen LogP contribution >= 0.6 is 0 Å². The predicted octanol–water partition coefficient (Wildman–Crippen LogP) is 3.01. The molecule has 0 saturated heterocycles. The van der Waals surface area contributed by atoms with Gasteiger partial charge in [0.25, 0.3) is 5.56 Å². The van der Waals surface area contributed by atoms with Crippen LogP contribution in [0, 0.1) is 0 Å². The van der Waals surface area contributed by atoms with Crippen LogP contribution in [0.4, 0.5) is 0 Å². The number of hydrogen-bond acceptors (Lipinski definition) is 4. The number of aromatic nitrogens is 1. The molecule has 0 radical (unpaired) electrons. The zero-order chi connectivity index (χ0) is 21.0. The zero-order valence-electron chi connectivity index (χ0n) is 15.9. The maximum Gasteiger partial charge on any atom is 0.310 e. The average molecular weight is 391 g/mol. The first-order valence-corrected chi connectivity index (χ1v) is 9.15. The Morgan fingerprint density at radius 2 is 1.66 bits per heavy atom. The number of hydrogen-bond donors (Lipinski definition) is 2. The van der Waals surface area contributed by atoms with Gasteiger partial charge in [0.15, 0.2) is 0 Å². The molecule has 6 heteroatoms. The number of aliphatic hydroxyl groups excluding tert-OH is 1. The van der Waals surface area contributed by atoms with Crippen LogP contribution in [-0.2, 0) is 16.6 Å². The van der Waals surface area contributed by atoms with E-state index in [9.17, 15) is 19.5 Å². The monoisotopic (exact) mass is 391 g/mol. The third-order valence-corrected chi connectivity index (χ3v) is 4.67. The molecule has 6 nitrogen and oxygen atoms in total. The van der Waals surface area contributed by atoms with E-state index >= 15 is 0 Å². The minimum atomic E-state index is -1.23. The largest absolute Gasteiger partial charge is 0.481 e. The lowest BCUT2D eigenvalue weighted by molar-refractivity contribution is -0.140. The normalized spacial score (nSPS) is 12.3.